The van der Waals surface area contributed by atoms with Crippen molar-refractivity contribution in [1.82, 2.24) is 9.55 Å². The van der Waals surface area contributed by atoms with Gasteiger partial charge in [-0.15, -0.1) is 0 Å². The minimum atomic E-state index is -3.90. The summed E-state index contributed by atoms with van der Waals surface area (Å²) in [5.74, 6) is -0.599. The van der Waals surface area contributed by atoms with Gasteiger partial charge in [-0.2, -0.15) is 0 Å². The van der Waals surface area contributed by atoms with Crippen molar-refractivity contribution < 1.29 is 17.9 Å². The molecule has 0 bridgehead atoms. The normalized spacial score (nSPS) is 11.2. The van der Waals surface area contributed by atoms with E-state index >= 15 is 0 Å². The molecule has 1 amide bonds. The molecule has 0 saturated carbocycles. The first-order valence-electron chi connectivity index (χ1n) is 8.55. The van der Waals surface area contributed by atoms with Gasteiger partial charge in [0.1, 0.15) is 11.5 Å². The van der Waals surface area contributed by atoms with Crippen LogP contribution < -0.4 is 10.1 Å². The van der Waals surface area contributed by atoms with Gasteiger partial charge in [-0.3, -0.25) is 4.79 Å². The molecule has 8 heteroatoms. The SMILES string of the molecule is COc1ccc(-c2cnc(S(=O)(=O)CC(=O)Nc3ccc(C)cc3)n2C)cc1. The van der Waals surface area contributed by atoms with Gasteiger partial charge in [-0.05, 0) is 43.3 Å². The van der Waals surface area contributed by atoms with E-state index in [4.69, 9.17) is 4.74 Å². The van der Waals surface area contributed by atoms with Crippen LogP contribution in [0.4, 0.5) is 5.69 Å². The number of ether oxygens (including phenoxy) is 1. The van der Waals surface area contributed by atoms with Gasteiger partial charge < -0.3 is 14.6 Å². The molecule has 0 radical (unpaired) electrons. The van der Waals surface area contributed by atoms with E-state index < -0.39 is 21.5 Å². The van der Waals surface area contributed by atoms with Crippen molar-refractivity contribution in [2.45, 2.75) is 12.1 Å². The van der Waals surface area contributed by atoms with Crippen molar-refractivity contribution in [3.63, 3.8) is 0 Å². The maximum atomic E-state index is 12.7. The molecule has 0 aliphatic heterocycles. The molecule has 0 aliphatic carbocycles. The van der Waals surface area contributed by atoms with Gasteiger partial charge >= 0.3 is 0 Å². The van der Waals surface area contributed by atoms with Crippen molar-refractivity contribution in [3.8, 4) is 17.0 Å². The van der Waals surface area contributed by atoms with Gasteiger partial charge in [0.15, 0.2) is 0 Å². The highest BCUT2D eigenvalue weighted by Crippen LogP contribution is 2.24. The number of benzene rings is 2. The first kappa shape index (κ1) is 19.6. The van der Waals surface area contributed by atoms with Crippen LogP contribution >= 0.6 is 0 Å². The predicted octanol–water partition coefficient (Wildman–Crippen LogP) is 2.82. The lowest BCUT2D eigenvalue weighted by Crippen LogP contribution is -2.24. The van der Waals surface area contributed by atoms with E-state index in [1.54, 1.807) is 38.4 Å². The first-order chi connectivity index (χ1) is 13.3. The number of imidazole rings is 1. The molecule has 0 atom stereocenters. The number of anilines is 1. The fraction of sp³-hybridized carbons (Fsp3) is 0.200. The Bertz CT molecular complexity index is 1090. The largest absolute Gasteiger partial charge is 0.497 e. The molecule has 0 unspecified atom stereocenters. The van der Waals surface area contributed by atoms with Crippen LogP contribution in [0.5, 0.6) is 5.75 Å². The number of carbonyl (C=O) groups excluding carboxylic acids is 1. The van der Waals surface area contributed by atoms with Gasteiger partial charge in [0, 0.05) is 18.3 Å². The maximum absolute atomic E-state index is 12.7. The van der Waals surface area contributed by atoms with Gasteiger partial charge in [-0.1, -0.05) is 17.7 Å². The number of aryl methyl sites for hydroxylation is 1. The molecule has 0 aliphatic rings. The highest BCUT2D eigenvalue weighted by atomic mass is 32.2. The number of methoxy groups -OCH3 is 1. The second-order valence-corrected chi connectivity index (χ2v) is 8.27. The molecule has 3 rings (SSSR count). The summed E-state index contributed by atoms with van der Waals surface area (Å²) in [7, 11) is -0.720. The monoisotopic (exact) mass is 399 g/mol. The van der Waals surface area contributed by atoms with E-state index in [9.17, 15) is 13.2 Å². The average molecular weight is 399 g/mol. The van der Waals surface area contributed by atoms with Gasteiger partial charge in [0.2, 0.25) is 20.9 Å². The van der Waals surface area contributed by atoms with E-state index in [1.165, 1.54) is 10.8 Å². The Kier molecular flexibility index (Phi) is 5.51. The molecule has 3 aromatic rings. The maximum Gasteiger partial charge on any atom is 0.240 e. The zero-order valence-electron chi connectivity index (χ0n) is 15.8. The first-order valence-corrected chi connectivity index (χ1v) is 10.2. The van der Waals surface area contributed by atoms with Gasteiger partial charge in [0.25, 0.3) is 0 Å². The number of hydrogen-bond donors (Lipinski definition) is 1. The Balaban J connectivity index is 1.78. The van der Waals surface area contributed by atoms with E-state index in [0.717, 1.165) is 11.1 Å². The highest BCUT2D eigenvalue weighted by molar-refractivity contribution is 7.92. The zero-order valence-corrected chi connectivity index (χ0v) is 16.7. The third-order valence-corrected chi connectivity index (χ3v) is 5.84. The number of carbonyl (C=O) groups is 1. The smallest absolute Gasteiger partial charge is 0.240 e. The molecule has 146 valence electrons. The second-order valence-electron chi connectivity index (χ2n) is 6.39. The molecule has 2 aromatic carbocycles. The van der Waals surface area contributed by atoms with Gasteiger partial charge in [0.05, 0.1) is 19.0 Å². The highest BCUT2D eigenvalue weighted by Gasteiger charge is 2.25. The predicted molar refractivity (Wildman–Crippen MR) is 107 cm³/mol. The van der Waals surface area contributed by atoms with Gasteiger partial charge in [-0.25, -0.2) is 13.4 Å². The second kappa shape index (κ2) is 7.85. The molecular formula is C20H21N3O4S. The lowest BCUT2D eigenvalue weighted by molar-refractivity contribution is -0.113. The number of hydrogen-bond acceptors (Lipinski definition) is 5. The molecule has 1 heterocycles. The molecule has 0 saturated heterocycles. The van der Waals surface area contributed by atoms with E-state index in [1.807, 2.05) is 31.2 Å². The Labute approximate surface area is 163 Å². The fourth-order valence-corrected chi connectivity index (χ4v) is 4.06. The van der Waals surface area contributed by atoms with E-state index in [-0.39, 0.29) is 5.16 Å². The Hall–Kier alpha value is -3.13. The Morgan fingerprint density at radius 3 is 2.36 bits per heavy atom. The fourth-order valence-electron chi connectivity index (χ4n) is 2.78. The summed E-state index contributed by atoms with van der Waals surface area (Å²) in [5.41, 5.74) is 3.01. The summed E-state index contributed by atoms with van der Waals surface area (Å²) in [5, 5.41) is 2.44. The van der Waals surface area contributed by atoms with Crippen molar-refractivity contribution in [2.75, 3.05) is 18.2 Å². The number of aromatic nitrogens is 2. The molecule has 0 spiro atoms. The van der Waals surface area contributed by atoms with Crippen LogP contribution in [0, 0.1) is 6.92 Å². The van der Waals surface area contributed by atoms with Crippen molar-refractivity contribution in [3.05, 3.63) is 60.3 Å². The van der Waals surface area contributed by atoms with Crippen LogP contribution in [0.3, 0.4) is 0 Å². The summed E-state index contributed by atoms with van der Waals surface area (Å²) >= 11 is 0. The van der Waals surface area contributed by atoms with E-state index in [2.05, 4.69) is 10.3 Å². The topological polar surface area (TPSA) is 90.3 Å². The molecule has 1 N–H and O–H groups in total. The number of rotatable bonds is 6. The molecule has 7 nitrogen and oxygen atoms in total. The van der Waals surface area contributed by atoms with Crippen LogP contribution in [-0.4, -0.2) is 36.7 Å². The minimum absolute atomic E-state index is 0.155. The van der Waals surface area contributed by atoms with Crippen LogP contribution in [-0.2, 0) is 21.7 Å². The number of amides is 1. The lowest BCUT2D eigenvalue weighted by atomic mass is 10.1. The lowest BCUT2D eigenvalue weighted by Gasteiger charge is -2.09. The number of nitrogens with one attached hydrogen (secondary N) is 1. The van der Waals surface area contributed by atoms with Crippen LogP contribution in [0.1, 0.15) is 5.56 Å². The van der Waals surface area contributed by atoms with Crippen molar-refractivity contribution >= 4 is 21.4 Å². The third-order valence-electron chi connectivity index (χ3n) is 4.27. The van der Waals surface area contributed by atoms with Crippen molar-refractivity contribution in [2.24, 2.45) is 7.05 Å². The Morgan fingerprint density at radius 2 is 1.75 bits per heavy atom. The number of sulfone groups is 1. The zero-order chi connectivity index (χ0) is 20.3. The molecule has 0 fully saturated rings. The Morgan fingerprint density at radius 1 is 1.11 bits per heavy atom. The van der Waals surface area contributed by atoms with Crippen molar-refractivity contribution in [1.29, 1.82) is 0 Å². The average Bonchev–Trinajstić information content (AvgIpc) is 3.05. The quantitative estimate of drug-likeness (QED) is 0.688. The van der Waals surface area contributed by atoms with Crippen LogP contribution in [0.25, 0.3) is 11.3 Å². The standard InChI is InChI=1S/C20H21N3O4S/c1-14-4-8-16(9-5-14)22-19(24)13-28(25,26)20-21-12-18(23(20)2)15-6-10-17(27-3)11-7-15/h4-12H,13H2,1-3H3,(H,22,24). The summed E-state index contributed by atoms with van der Waals surface area (Å²) in [6.07, 6.45) is 1.48. The summed E-state index contributed by atoms with van der Waals surface area (Å²) < 4.78 is 32.0. The summed E-state index contributed by atoms with van der Waals surface area (Å²) in [4.78, 5) is 16.2. The molecular weight excluding hydrogens is 378 g/mol. The minimum Gasteiger partial charge on any atom is -0.497 e. The molecule has 28 heavy (non-hydrogen) atoms. The summed E-state index contributed by atoms with van der Waals surface area (Å²) in [6, 6.07) is 14.3. The summed E-state index contributed by atoms with van der Waals surface area (Å²) in [6.45, 7) is 1.93. The molecule has 1 aromatic heterocycles. The van der Waals surface area contributed by atoms with Crippen LogP contribution in [0.2, 0.25) is 0 Å². The van der Waals surface area contributed by atoms with Crippen LogP contribution in [0.15, 0.2) is 59.9 Å². The number of nitrogens with zero attached hydrogens (tertiary/aromatic N) is 2. The van der Waals surface area contributed by atoms with E-state index in [0.29, 0.717) is 17.1 Å². The third kappa shape index (κ3) is 4.23.